The Labute approximate surface area is 233 Å². The van der Waals surface area contributed by atoms with E-state index >= 15 is 0 Å². The van der Waals surface area contributed by atoms with Crippen LogP contribution in [0.5, 0.6) is 0 Å². The van der Waals surface area contributed by atoms with Crippen molar-refractivity contribution >= 4 is 29.3 Å². The van der Waals surface area contributed by atoms with Gasteiger partial charge in [-0.05, 0) is 45.6 Å². The van der Waals surface area contributed by atoms with Gasteiger partial charge in [0.2, 0.25) is 17.8 Å². The normalized spacial score (nSPS) is 12.0. The predicted octanol–water partition coefficient (Wildman–Crippen LogP) is 2.52. The Bertz CT molecular complexity index is 1310. The smallest absolute Gasteiger partial charge is 0.246 e. The largest absolute Gasteiger partial charge is 0.369 e. The van der Waals surface area contributed by atoms with Crippen molar-refractivity contribution in [3.8, 4) is 11.3 Å². The third-order valence-electron chi connectivity index (χ3n) is 5.91. The highest BCUT2D eigenvalue weighted by Crippen LogP contribution is 2.26. The number of nitrogens with one attached hydrogen (secondary N) is 3. The average molecular weight is 553 g/mol. The highest BCUT2D eigenvalue weighted by atomic mass is 19.1. The number of likely N-dealkylation sites (N-methyl/N-ethyl adjacent to an activating group) is 2. The van der Waals surface area contributed by atoms with Crippen LogP contribution < -0.4 is 16.0 Å². The maximum Gasteiger partial charge on any atom is 0.246 e. The summed E-state index contributed by atoms with van der Waals surface area (Å²) in [5.74, 6) is 0.0166. The first-order chi connectivity index (χ1) is 19.2. The zero-order valence-corrected chi connectivity index (χ0v) is 23.6. The quantitative estimate of drug-likeness (QED) is 0.258. The molecule has 0 radical (unpaired) electrons. The van der Waals surface area contributed by atoms with E-state index in [1.807, 2.05) is 25.9 Å². The molecule has 3 aromatic rings. The maximum absolute atomic E-state index is 13.6. The molecular formula is C27H37FN10O2. The third kappa shape index (κ3) is 8.83. The van der Waals surface area contributed by atoms with E-state index in [0.29, 0.717) is 54.9 Å². The summed E-state index contributed by atoms with van der Waals surface area (Å²) in [7, 11) is 5.42. The van der Waals surface area contributed by atoms with Crippen LogP contribution in [-0.2, 0) is 16.1 Å². The van der Waals surface area contributed by atoms with Gasteiger partial charge in [0.25, 0.3) is 0 Å². The molecule has 0 unspecified atom stereocenters. The third-order valence-corrected chi connectivity index (χ3v) is 5.91. The van der Waals surface area contributed by atoms with Crippen LogP contribution in [0, 0.1) is 5.82 Å². The van der Waals surface area contributed by atoms with Crippen LogP contribution in [0.15, 0.2) is 48.8 Å². The Kier molecular flexibility index (Phi) is 11.1. The number of hydrogen-bond donors (Lipinski definition) is 3. The van der Waals surface area contributed by atoms with E-state index in [0.717, 1.165) is 6.42 Å². The van der Waals surface area contributed by atoms with Crippen LogP contribution in [0.25, 0.3) is 11.3 Å². The Morgan fingerprint density at radius 3 is 2.73 bits per heavy atom. The maximum atomic E-state index is 13.6. The van der Waals surface area contributed by atoms with Gasteiger partial charge in [-0.3, -0.25) is 14.3 Å². The molecule has 1 aromatic carbocycles. The number of rotatable bonds is 14. The van der Waals surface area contributed by atoms with Crippen molar-refractivity contribution in [2.45, 2.75) is 32.9 Å². The number of carbonyl (C=O) groups excluding carboxylic acids is 2. The van der Waals surface area contributed by atoms with E-state index in [9.17, 15) is 14.0 Å². The molecule has 0 saturated heterocycles. The Morgan fingerprint density at radius 2 is 2.00 bits per heavy atom. The minimum atomic E-state index is -0.633. The van der Waals surface area contributed by atoms with Crippen molar-refractivity contribution in [2.24, 2.45) is 0 Å². The minimum absolute atomic E-state index is 0.239. The van der Waals surface area contributed by atoms with Crippen molar-refractivity contribution in [2.75, 3.05) is 51.4 Å². The number of carbonyl (C=O) groups is 2. The lowest BCUT2D eigenvalue weighted by atomic mass is 10.2. The van der Waals surface area contributed by atoms with Crippen molar-refractivity contribution in [1.29, 1.82) is 0 Å². The van der Waals surface area contributed by atoms with Crippen LogP contribution >= 0.6 is 0 Å². The highest BCUT2D eigenvalue weighted by molar-refractivity contribution is 5.92. The lowest BCUT2D eigenvalue weighted by Crippen LogP contribution is -2.46. The summed E-state index contributed by atoms with van der Waals surface area (Å²) < 4.78 is 15.2. The lowest BCUT2D eigenvalue weighted by Gasteiger charge is -2.23. The summed E-state index contributed by atoms with van der Waals surface area (Å²) in [6, 6.07) is 5.42. The molecule has 40 heavy (non-hydrogen) atoms. The van der Waals surface area contributed by atoms with Crippen LogP contribution in [0.1, 0.15) is 20.3 Å². The molecule has 0 fully saturated rings. The number of hydrogen-bond acceptors (Lipinski definition) is 9. The van der Waals surface area contributed by atoms with Crippen molar-refractivity contribution in [3.63, 3.8) is 0 Å². The summed E-state index contributed by atoms with van der Waals surface area (Å²) >= 11 is 0. The summed E-state index contributed by atoms with van der Waals surface area (Å²) in [6.45, 7) is 5.73. The zero-order chi connectivity index (χ0) is 29.1. The van der Waals surface area contributed by atoms with Gasteiger partial charge in [-0.25, -0.2) is 9.37 Å². The van der Waals surface area contributed by atoms with Gasteiger partial charge in [-0.2, -0.15) is 4.98 Å². The number of nitrogens with zero attached hydrogens (tertiary/aromatic N) is 7. The number of anilines is 3. The van der Waals surface area contributed by atoms with E-state index in [-0.39, 0.29) is 17.6 Å². The molecular weight excluding hydrogens is 515 g/mol. The van der Waals surface area contributed by atoms with E-state index in [1.165, 1.54) is 23.1 Å². The Balaban J connectivity index is 1.60. The van der Waals surface area contributed by atoms with Gasteiger partial charge in [0.15, 0.2) is 0 Å². The van der Waals surface area contributed by atoms with Gasteiger partial charge >= 0.3 is 0 Å². The minimum Gasteiger partial charge on any atom is -0.369 e. The molecule has 214 valence electrons. The highest BCUT2D eigenvalue weighted by Gasteiger charge is 2.20. The summed E-state index contributed by atoms with van der Waals surface area (Å²) in [4.78, 5) is 37.1. The molecule has 0 aliphatic heterocycles. The molecule has 1 atom stereocenters. The van der Waals surface area contributed by atoms with Gasteiger partial charge in [0, 0.05) is 44.6 Å². The molecule has 0 bridgehead atoms. The Hall–Kier alpha value is -4.39. The van der Waals surface area contributed by atoms with E-state index < -0.39 is 6.04 Å². The summed E-state index contributed by atoms with van der Waals surface area (Å²) in [6.07, 6.45) is 7.49. The first kappa shape index (κ1) is 30.2. The molecule has 13 heteroatoms. The van der Waals surface area contributed by atoms with E-state index in [1.54, 1.807) is 49.3 Å². The molecule has 0 aliphatic carbocycles. The van der Waals surface area contributed by atoms with E-state index in [4.69, 9.17) is 0 Å². The zero-order valence-electron chi connectivity index (χ0n) is 23.6. The number of aromatic nitrogens is 5. The molecule has 2 heterocycles. The van der Waals surface area contributed by atoms with Gasteiger partial charge in [-0.1, -0.05) is 24.3 Å². The molecule has 0 saturated carbocycles. The average Bonchev–Trinajstić information content (AvgIpc) is 3.39. The van der Waals surface area contributed by atoms with Gasteiger partial charge in [-0.15, -0.1) is 5.10 Å². The van der Waals surface area contributed by atoms with E-state index in [2.05, 4.69) is 36.2 Å². The van der Waals surface area contributed by atoms with Crippen molar-refractivity contribution < 1.29 is 14.0 Å². The SMILES string of the molecule is CCCNc1nc(Nc2cccc(F)c2)ncc1-c1cn(CCNC(=O)[C@H](C)N(C)C(=O)C=CCN(C)C)nn1. The van der Waals surface area contributed by atoms with Crippen LogP contribution in [0.2, 0.25) is 0 Å². The lowest BCUT2D eigenvalue weighted by molar-refractivity contribution is -0.135. The second kappa shape index (κ2) is 14.7. The standard InChI is InChI=1S/C27H37FN10O2/c1-6-12-29-25-22(17-31-27(33-25)32-21-10-7-9-20(28)16-21)23-18-38(35-34-23)15-13-30-26(40)19(2)37(5)24(39)11-8-14-36(3)4/h7-11,16-19H,6,12-15H2,1-5H3,(H,30,40)(H2,29,31,32,33)/t19-/m0/s1. The fourth-order valence-electron chi connectivity index (χ4n) is 3.52. The van der Waals surface area contributed by atoms with Gasteiger partial charge in [0.05, 0.1) is 18.3 Å². The van der Waals surface area contributed by atoms with Crippen molar-refractivity contribution in [3.05, 3.63) is 54.6 Å². The predicted molar refractivity (Wildman–Crippen MR) is 152 cm³/mol. The summed E-state index contributed by atoms with van der Waals surface area (Å²) in [5, 5.41) is 17.5. The van der Waals surface area contributed by atoms with Crippen LogP contribution in [-0.4, -0.2) is 93.4 Å². The fourth-order valence-corrected chi connectivity index (χ4v) is 3.52. The van der Waals surface area contributed by atoms with Crippen LogP contribution in [0.4, 0.5) is 21.8 Å². The molecule has 12 nitrogen and oxygen atoms in total. The second-order valence-electron chi connectivity index (χ2n) is 9.47. The molecule has 0 aliphatic rings. The number of halogens is 1. The molecule has 3 rings (SSSR count). The molecule has 2 amide bonds. The molecule has 3 N–H and O–H groups in total. The topological polar surface area (TPSA) is 133 Å². The summed E-state index contributed by atoms with van der Waals surface area (Å²) in [5.41, 5.74) is 1.75. The number of benzene rings is 1. The monoisotopic (exact) mass is 552 g/mol. The molecule has 0 spiro atoms. The second-order valence-corrected chi connectivity index (χ2v) is 9.47. The van der Waals surface area contributed by atoms with Crippen LogP contribution in [0.3, 0.4) is 0 Å². The van der Waals surface area contributed by atoms with Gasteiger partial charge in [0.1, 0.15) is 23.4 Å². The fraction of sp³-hybridized carbons (Fsp3) is 0.407. The Morgan fingerprint density at radius 1 is 1.20 bits per heavy atom. The number of amides is 2. The molecule has 2 aromatic heterocycles. The first-order valence-corrected chi connectivity index (χ1v) is 13.1. The van der Waals surface area contributed by atoms with Gasteiger partial charge < -0.3 is 25.8 Å². The first-order valence-electron chi connectivity index (χ1n) is 13.1. The van der Waals surface area contributed by atoms with Crippen molar-refractivity contribution in [1.82, 2.24) is 40.1 Å².